The van der Waals surface area contributed by atoms with Crippen LogP contribution in [0.15, 0.2) is 71.6 Å². The van der Waals surface area contributed by atoms with Crippen LogP contribution in [-0.4, -0.2) is 40.5 Å². The summed E-state index contributed by atoms with van der Waals surface area (Å²) in [4.78, 5) is 2.58. The largest absolute Gasteiger partial charge is 0.306 e. The molecule has 0 saturated heterocycles. The summed E-state index contributed by atoms with van der Waals surface area (Å²) in [7, 11) is 0.0978. The smallest absolute Gasteiger partial charge is 0.264 e. The molecule has 1 aliphatic rings. The Bertz CT molecular complexity index is 1140. The number of hydrogen-bond acceptors (Lipinski definition) is 3. The van der Waals surface area contributed by atoms with E-state index in [2.05, 4.69) is 18.0 Å². The predicted octanol–water partition coefficient (Wildman–Crippen LogP) is 4.86. The highest BCUT2D eigenvalue weighted by Crippen LogP contribution is 2.28. The molecule has 0 aliphatic carbocycles. The zero-order chi connectivity index (χ0) is 21.3. The van der Waals surface area contributed by atoms with Crippen LogP contribution in [0.5, 0.6) is 0 Å². The second-order valence-corrected chi connectivity index (χ2v) is 10.2. The van der Waals surface area contributed by atoms with Crippen LogP contribution in [0.2, 0.25) is 5.02 Å². The van der Waals surface area contributed by atoms with Gasteiger partial charge in [0.2, 0.25) is 0 Å². The molecule has 0 saturated carbocycles. The fourth-order valence-electron chi connectivity index (χ4n) is 3.78. The van der Waals surface area contributed by atoms with Crippen LogP contribution in [0, 0.1) is 0 Å². The van der Waals surface area contributed by atoms with E-state index in [-0.39, 0.29) is 4.90 Å². The number of benzene rings is 3. The number of halogens is 1. The fourth-order valence-corrected chi connectivity index (χ4v) is 5.09. The molecule has 0 aromatic heterocycles. The molecular formula is C24H25ClN2O2S. The first-order chi connectivity index (χ1) is 14.3. The van der Waals surface area contributed by atoms with Crippen molar-refractivity contribution in [1.82, 2.24) is 4.90 Å². The maximum Gasteiger partial charge on any atom is 0.264 e. The number of anilines is 1. The molecule has 3 aromatic rings. The minimum absolute atomic E-state index is 0.275. The molecule has 1 aliphatic heterocycles. The van der Waals surface area contributed by atoms with Crippen LogP contribution < -0.4 is 4.31 Å². The summed E-state index contributed by atoms with van der Waals surface area (Å²) in [6, 6.07) is 20.5. The van der Waals surface area contributed by atoms with Gasteiger partial charge in [0.1, 0.15) is 0 Å². The highest BCUT2D eigenvalue weighted by atomic mass is 35.5. The standard InChI is InChI=1S/C24H25ClN2O2S/c1-26-15-13-20-5-10-23(17-21(20)14-16-26)27(2)30(28,29)24-11-6-19(7-12-24)18-3-8-22(25)9-4-18/h3-12,17H,13-16H2,1-2H3. The lowest BCUT2D eigenvalue weighted by atomic mass is 10.0. The van der Waals surface area contributed by atoms with Gasteiger partial charge in [-0.15, -0.1) is 0 Å². The molecule has 0 fully saturated rings. The Morgan fingerprint density at radius 3 is 2.03 bits per heavy atom. The van der Waals surface area contributed by atoms with Crippen molar-refractivity contribution in [2.75, 3.05) is 31.5 Å². The van der Waals surface area contributed by atoms with E-state index in [1.807, 2.05) is 48.5 Å². The summed E-state index contributed by atoms with van der Waals surface area (Å²) < 4.78 is 27.8. The quantitative estimate of drug-likeness (QED) is 0.581. The van der Waals surface area contributed by atoms with Crippen LogP contribution in [0.4, 0.5) is 5.69 Å². The van der Waals surface area contributed by atoms with Crippen molar-refractivity contribution in [3.63, 3.8) is 0 Å². The second kappa shape index (κ2) is 8.42. The average Bonchev–Trinajstić information content (AvgIpc) is 2.95. The van der Waals surface area contributed by atoms with E-state index in [0.717, 1.165) is 37.1 Å². The summed E-state index contributed by atoms with van der Waals surface area (Å²) in [5, 5.41) is 0.673. The third-order valence-electron chi connectivity index (χ3n) is 5.77. The zero-order valence-electron chi connectivity index (χ0n) is 17.2. The van der Waals surface area contributed by atoms with Gasteiger partial charge in [-0.05, 0) is 78.5 Å². The van der Waals surface area contributed by atoms with Crippen molar-refractivity contribution in [2.45, 2.75) is 17.7 Å². The van der Waals surface area contributed by atoms with Gasteiger partial charge in [-0.2, -0.15) is 0 Å². The van der Waals surface area contributed by atoms with Crippen LogP contribution in [0.25, 0.3) is 11.1 Å². The molecule has 0 radical (unpaired) electrons. The average molecular weight is 441 g/mol. The molecule has 0 bridgehead atoms. The second-order valence-electron chi connectivity index (χ2n) is 7.76. The SMILES string of the molecule is CN1CCc2ccc(N(C)S(=O)(=O)c3ccc(-c4ccc(Cl)cc4)cc3)cc2CC1. The number of sulfonamides is 1. The molecule has 6 heteroatoms. The lowest BCUT2D eigenvalue weighted by Crippen LogP contribution is -2.26. The van der Waals surface area contributed by atoms with Gasteiger partial charge >= 0.3 is 0 Å². The highest BCUT2D eigenvalue weighted by Gasteiger charge is 2.22. The molecule has 4 rings (SSSR count). The van der Waals surface area contributed by atoms with Gasteiger partial charge in [-0.25, -0.2) is 8.42 Å². The number of nitrogens with zero attached hydrogens (tertiary/aromatic N) is 2. The first-order valence-electron chi connectivity index (χ1n) is 10.00. The van der Waals surface area contributed by atoms with E-state index >= 15 is 0 Å². The van der Waals surface area contributed by atoms with Crippen LogP contribution in [0.1, 0.15) is 11.1 Å². The van der Waals surface area contributed by atoms with E-state index in [0.29, 0.717) is 10.7 Å². The molecule has 3 aromatic carbocycles. The van der Waals surface area contributed by atoms with Crippen molar-refractivity contribution in [1.29, 1.82) is 0 Å². The first-order valence-corrected chi connectivity index (χ1v) is 11.8. The topological polar surface area (TPSA) is 40.6 Å². The molecular weight excluding hydrogens is 416 g/mol. The first kappa shape index (κ1) is 20.9. The Morgan fingerprint density at radius 1 is 0.833 bits per heavy atom. The molecule has 156 valence electrons. The molecule has 1 heterocycles. The van der Waals surface area contributed by atoms with E-state index in [1.165, 1.54) is 15.4 Å². The number of rotatable bonds is 4. The van der Waals surface area contributed by atoms with Gasteiger partial charge in [-0.1, -0.05) is 41.9 Å². The molecule has 0 unspecified atom stereocenters. The lowest BCUT2D eigenvalue weighted by Gasteiger charge is -2.21. The Labute approximate surface area is 183 Å². The highest BCUT2D eigenvalue weighted by molar-refractivity contribution is 7.92. The molecule has 4 nitrogen and oxygen atoms in total. The normalized spacial score (nSPS) is 14.8. The molecule has 0 N–H and O–H groups in total. The summed E-state index contributed by atoms with van der Waals surface area (Å²) >= 11 is 5.95. The van der Waals surface area contributed by atoms with E-state index in [1.54, 1.807) is 19.2 Å². The number of hydrogen-bond donors (Lipinski definition) is 0. The Hall–Kier alpha value is -2.34. The minimum atomic E-state index is -3.64. The minimum Gasteiger partial charge on any atom is -0.306 e. The zero-order valence-corrected chi connectivity index (χ0v) is 18.7. The third-order valence-corrected chi connectivity index (χ3v) is 7.82. The van der Waals surface area contributed by atoms with E-state index in [9.17, 15) is 8.42 Å². The Morgan fingerprint density at radius 2 is 1.40 bits per heavy atom. The van der Waals surface area contributed by atoms with Crippen molar-refractivity contribution in [2.24, 2.45) is 0 Å². The van der Waals surface area contributed by atoms with Crippen molar-refractivity contribution < 1.29 is 8.42 Å². The molecule has 0 atom stereocenters. The number of fused-ring (bicyclic) bond motifs is 1. The third kappa shape index (κ3) is 4.24. The monoisotopic (exact) mass is 440 g/mol. The maximum absolute atomic E-state index is 13.2. The summed E-state index contributed by atoms with van der Waals surface area (Å²) in [6.45, 7) is 2.01. The van der Waals surface area contributed by atoms with Gasteiger partial charge in [-0.3, -0.25) is 4.31 Å². The maximum atomic E-state index is 13.2. The molecule has 0 amide bonds. The van der Waals surface area contributed by atoms with Gasteiger partial charge in [0.05, 0.1) is 10.6 Å². The lowest BCUT2D eigenvalue weighted by molar-refractivity contribution is 0.352. The van der Waals surface area contributed by atoms with Crippen molar-refractivity contribution in [3.8, 4) is 11.1 Å². The molecule has 30 heavy (non-hydrogen) atoms. The Balaban J connectivity index is 1.59. The summed E-state index contributed by atoms with van der Waals surface area (Å²) in [6.07, 6.45) is 1.93. The summed E-state index contributed by atoms with van der Waals surface area (Å²) in [5.74, 6) is 0. The van der Waals surface area contributed by atoms with E-state index in [4.69, 9.17) is 11.6 Å². The molecule has 0 spiro atoms. The number of likely N-dealkylation sites (N-methyl/N-ethyl adjacent to an activating group) is 1. The fraction of sp³-hybridized carbons (Fsp3) is 0.250. The van der Waals surface area contributed by atoms with Crippen LogP contribution in [-0.2, 0) is 22.9 Å². The Kier molecular flexibility index (Phi) is 5.87. The van der Waals surface area contributed by atoms with Crippen LogP contribution >= 0.6 is 11.6 Å². The van der Waals surface area contributed by atoms with Crippen molar-refractivity contribution in [3.05, 3.63) is 82.9 Å². The van der Waals surface area contributed by atoms with Crippen LogP contribution in [0.3, 0.4) is 0 Å². The van der Waals surface area contributed by atoms with Gasteiger partial charge < -0.3 is 4.90 Å². The van der Waals surface area contributed by atoms with Gasteiger partial charge in [0, 0.05) is 25.2 Å². The summed E-state index contributed by atoms with van der Waals surface area (Å²) in [5.41, 5.74) is 5.17. The predicted molar refractivity (Wildman–Crippen MR) is 124 cm³/mol. The van der Waals surface area contributed by atoms with Gasteiger partial charge in [0.15, 0.2) is 0 Å². The van der Waals surface area contributed by atoms with Crippen molar-refractivity contribution >= 4 is 27.3 Å². The van der Waals surface area contributed by atoms with Gasteiger partial charge in [0.25, 0.3) is 10.0 Å². The van der Waals surface area contributed by atoms with E-state index < -0.39 is 10.0 Å².